The van der Waals surface area contributed by atoms with Gasteiger partial charge in [-0.2, -0.15) is 12.7 Å². The molecule has 3 atom stereocenters. The second kappa shape index (κ2) is 13.7. The monoisotopic (exact) mass is 632 g/mol. The van der Waals surface area contributed by atoms with E-state index in [1.165, 1.54) is 26.6 Å². The Hall–Kier alpha value is -2.83. The van der Waals surface area contributed by atoms with Crippen molar-refractivity contribution in [2.24, 2.45) is 29.4 Å². The number of carbonyl (C=O) groups excluding carboxylic acids is 3. The smallest absolute Gasteiger partial charge is 0.303 e. The number of fused-ring (bicyclic) bond motifs is 1. The Morgan fingerprint density at radius 2 is 1.75 bits per heavy atom. The molecule has 1 aromatic carbocycles. The Morgan fingerprint density at radius 3 is 2.41 bits per heavy atom. The number of ketones is 1. The first-order chi connectivity index (χ1) is 21.0. The van der Waals surface area contributed by atoms with Crippen LogP contribution in [0.3, 0.4) is 0 Å². The third-order valence-corrected chi connectivity index (χ3v) is 11.5. The van der Waals surface area contributed by atoms with Crippen LogP contribution in [0, 0.1) is 23.7 Å². The van der Waals surface area contributed by atoms with Crippen molar-refractivity contribution in [3.63, 3.8) is 0 Å². The molecule has 2 heterocycles. The van der Waals surface area contributed by atoms with Gasteiger partial charge in [0, 0.05) is 44.4 Å². The average Bonchev–Trinajstić information content (AvgIpc) is 3.65. The van der Waals surface area contributed by atoms with Crippen molar-refractivity contribution in [2.45, 2.75) is 82.7 Å². The third kappa shape index (κ3) is 7.02. The van der Waals surface area contributed by atoms with Crippen LogP contribution in [0.1, 0.15) is 80.3 Å². The highest BCUT2D eigenvalue weighted by Gasteiger charge is 2.46. The lowest BCUT2D eigenvalue weighted by Crippen LogP contribution is -2.48. The maximum Gasteiger partial charge on any atom is 0.303 e. The third-order valence-electron chi connectivity index (χ3n) is 10.1. The van der Waals surface area contributed by atoms with Crippen LogP contribution in [0.4, 0.5) is 4.39 Å². The summed E-state index contributed by atoms with van der Waals surface area (Å²) in [4.78, 5) is 42.4. The molecule has 1 aromatic heterocycles. The lowest BCUT2D eigenvalue weighted by Gasteiger charge is -2.37. The van der Waals surface area contributed by atoms with Crippen molar-refractivity contribution in [3.05, 3.63) is 35.6 Å². The Bertz CT molecular complexity index is 1460. The number of furan rings is 1. The van der Waals surface area contributed by atoms with Gasteiger partial charge in [0.2, 0.25) is 5.91 Å². The van der Waals surface area contributed by atoms with E-state index in [9.17, 15) is 27.2 Å². The summed E-state index contributed by atoms with van der Waals surface area (Å²) in [5.74, 6) is -0.498. The number of Topliss-reactive ketones (excluding diaryl/α,β-unsaturated/α-hetero) is 1. The van der Waals surface area contributed by atoms with Crippen LogP contribution in [0.25, 0.3) is 11.0 Å². The molecule has 0 spiro atoms. The van der Waals surface area contributed by atoms with E-state index >= 15 is 0 Å². The zero-order valence-corrected chi connectivity index (χ0v) is 26.5. The van der Waals surface area contributed by atoms with E-state index in [4.69, 9.17) is 10.2 Å². The largest absolute Gasteiger partial charge is 0.451 e. The first-order valence-electron chi connectivity index (χ1n) is 15.9. The number of nitrogens with two attached hydrogens (primary N) is 1. The van der Waals surface area contributed by atoms with Crippen molar-refractivity contribution >= 4 is 38.8 Å². The Labute approximate surface area is 259 Å². The first kappa shape index (κ1) is 32.6. The number of rotatable bonds is 10. The molecule has 242 valence electrons. The van der Waals surface area contributed by atoms with Gasteiger partial charge in [-0.05, 0) is 73.6 Å². The van der Waals surface area contributed by atoms with Gasteiger partial charge >= 0.3 is 16.1 Å². The van der Waals surface area contributed by atoms with E-state index in [1.54, 1.807) is 18.2 Å². The summed E-state index contributed by atoms with van der Waals surface area (Å²) in [6.07, 6.45) is 9.43. The molecule has 0 bridgehead atoms. The number of carbonyl (C=O) groups is 3. The molecular formula is C32H45FN4O6S. The van der Waals surface area contributed by atoms with E-state index in [0.29, 0.717) is 36.3 Å². The number of halogens is 1. The minimum absolute atomic E-state index is 0.0115. The zero-order chi connectivity index (χ0) is 31.6. The van der Waals surface area contributed by atoms with E-state index in [1.807, 2.05) is 9.62 Å². The van der Waals surface area contributed by atoms with Crippen molar-refractivity contribution in [1.29, 1.82) is 0 Å². The van der Waals surface area contributed by atoms with Crippen molar-refractivity contribution in [1.82, 2.24) is 13.9 Å². The van der Waals surface area contributed by atoms with Crippen LogP contribution in [-0.2, 0) is 26.2 Å². The molecule has 10 nitrogen and oxygen atoms in total. The quantitative estimate of drug-likeness (QED) is 0.403. The molecule has 0 unspecified atom stereocenters. The predicted octanol–water partition coefficient (Wildman–Crippen LogP) is 3.98. The normalized spacial score (nSPS) is 25.8. The van der Waals surface area contributed by atoms with Gasteiger partial charge in [-0.1, -0.05) is 38.2 Å². The summed E-state index contributed by atoms with van der Waals surface area (Å²) in [5.41, 5.74) is 7.08. The lowest BCUT2D eigenvalue weighted by molar-refractivity contribution is -0.143. The molecular weight excluding hydrogens is 587 g/mol. The van der Waals surface area contributed by atoms with E-state index in [-0.39, 0.29) is 41.6 Å². The van der Waals surface area contributed by atoms with Gasteiger partial charge in [0.05, 0.1) is 6.04 Å². The van der Waals surface area contributed by atoms with Gasteiger partial charge in [0.25, 0.3) is 0 Å². The van der Waals surface area contributed by atoms with Gasteiger partial charge in [-0.3, -0.25) is 14.4 Å². The van der Waals surface area contributed by atoms with Crippen LogP contribution in [0.2, 0.25) is 0 Å². The molecule has 3 fully saturated rings. The fraction of sp³-hybridized carbons (Fsp3) is 0.656. The van der Waals surface area contributed by atoms with Crippen molar-refractivity contribution < 1.29 is 31.6 Å². The van der Waals surface area contributed by atoms with Gasteiger partial charge in [-0.25, -0.2) is 9.11 Å². The molecule has 2 aliphatic carbocycles. The van der Waals surface area contributed by atoms with Crippen molar-refractivity contribution in [2.75, 3.05) is 27.3 Å². The molecule has 2 aromatic rings. The van der Waals surface area contributed by atoms with Crippen LogP contribution in [0.15, 0.2) is 28.7 Å². The maximum absolute atomic E-state index is 14.1. The summed E-state index contributed by atoms with van der Waals surface area (Å²) >= 11 is 0. The number of amides is 2. The Kier molecular flexibility index (Phi) is 10.1. The number of likely N-dealkylation sites (tertiary alicyclic amines) is 1. The van der Waals surface area contributed by atoms with Gasteiger partial charge in [0.1, 0.15) is 12.3 Å². The predicted molar refractivity (Wildman–Crippen MR) is 165 cm³/mol. The molecule has 5 rings (SSSR count). The van der Waals surface area contributed by atoms with Crippen LogP contribution < -0.4 is 10.5 Å². The standard InChI is InChI=1S/C32H45FN4O6S/c1-36(2)44(41,42)35-31(39)29-18-24-16-20(8-13-28(24)43-29)17-27(38)30-25(21-6-4-3-5-7-21)14-15-37(30)32(40)23-11-9-22(10-12-23)26(34)19-33/h8,13,16,18,21-23,25-26,30H,3-7,9-12,14-15,17,19,34H2,1-2H3,(H,35,39)/t22?,23?,25-,26+,30-/m0/s1. The fourth-order valence-corrected chi connectivity index (χ4v) is 8.08. The number of benzene rings is 1. The Morgan fingerprint density at radius 1 is 1.05 bits per heavy atom. The minimum atomic E-state index is -3.98. The molecule has 3 aliphatic rings. The fourth-order valence-electron chi connectivity index (χ4n) is 7.57. The van der Waals surface area contributed by atoms with Crippen LogP contribution in [0.5, 0.6) is 0 Å². The van der Waals surface area contributed by atoms with E-state index < -0.39 is 34.9 Å². The maximum atomic E-state index is 14.1. The number of hydrogen-bond acceptors (Lipinski definition) is 7. The minimum Gasteiger partial charge on any atom is -0.451 e. The zero-order valence-electron chi connectivity index (χ0n) is 25.7. The second-order valence-electron chi connectivity index (χ2n) is 13.1. The molecule has 12 heteroatoms. The van der Waals surface area contributed by atoms with Crippen LogP contribution >= 0.6 is 0 Å². The summed E-state index contributed by atoms with van der Waals surface area (Å²) < 4.78 is 45.7. The Balaban J connectivity index is 1.32. The SMILES string of the molecule is CN(C)S(=O)(=O)NC(=O)c1cc2cc(CC(=O)[C@@H]3[C@H](C4CCCCC4)CCN3C(=O)C3CCC([C@H](N)CF)CC3)ccc2o1. The summed E-state index contributed by atoms with van der Waals surface area (Å²) in [6, 6.07) is 5.73. The summed E-state index contributed by atoms with van der Waals surface area (Å²) in [7, 11) is -1.36. The van der Waals surface area contributed by atoms with Gasteiger partial charge < -0.3 is 15.1 Å². The van der Waals surface area contributed by atoms with E-state index in [0.717, 1.165) is 54.8 Å². The highest BCUT2D eigenvalue weighted by atomic mass is 32.2. The highest BCUT2D eigenvalue weighted by Crippen LogP contribution is 2.41. The number of nitrogens with zero attached hydrogens (tertiary/aromatic N) is 2. The van der Waals surface area contributed by atoms with E-state index in [2.05, 4.69) is 0 Å². The number of nitrogens with one attached hydrogen (secondary N) is 1. The molecule has 1 aliphatic heterocycles. The molecule has 0 radical (unpaired) electrons. The second-order valence-corrected chi connectivity index (χ2v) is 15.0. The number of alkyl halides is 1. The molecule has 2 amide bonds. The molecule has 44 heavy (non-hydrogen) atoms. The van der Waals surface area contributed by atoms with Crippen LogP contribution in [-0.4, -0.2) is 74.6 Å². The molecule has 2 saturated carbocycles. The van der Waals surface area contributed by atoms with Gasteiger partial charge in [-0.15, -0.1) is 0 Å². The lowest BCUT2D eigenvalue weighted by atomic mass is 9.75. The first-order valence-corrected chi connectivity index (χ1v) is 17.3. The summed E-state index contributed by atoms with van der Waals surface area (Å²) in [5, 5.41) is 0.578. The summed E-state index contributed by atoms with van der Waals surface area (Å²) in [6.45, 7) is 0.0297. The topological polar surface area (TPSA) is 143 Å². The highest BCUT2D eigenvalue weighted by molar-refractivity contribution is 7.87. The molecule has 1 saturated heterocycles. The number of hydrogen-bond donors (Lipinski definition) is 2. The molecule has 3 N–H and O–H groups in total. The average molecular weight is 633 g/mol. The van der Waals surface area contributed by atoms with Gasteiger partial charge in [0.15, 0.2) is 11.5 Å². The van der Waals surface area contributed by atoms with Crippen molar-refractivity contribution in [3.8, 4) is 0 Å².